The van der Waals surface area contributed by atoms with Crippen LogP contribution < -0.4 is 15.0 Å². The predicted octanol–water partition coefficient (Wildman–Crippen LogP) is 6.49. The van der Waals surface area contributed by atoms with Crippen LogP contribution in [0.3, 0.4) is 0 Å². The van der Waals surface area contributed by atoms with Crippen molar-refractivity contribution in [2.75, 3.05) is 49.6 Å². The van der Waals surface area contributed by atoms with E-state index in [0.717, 1.165) is 30.0 Å². The van der Waals surface area contributed by atoms with Crippen LogP contribution in [0.1, 0.15) is 83.9 Å². The van der Waals surface area contributed by atoms with Crippen LogP contribution in [0, 0.1) is 6.92 Å². The van der Waals surface area contributed by atoms with Crippen LogP contribution in [-0.2, 0) is 14.2 Å². The molecule has 2 unspecified atom stereocenters. The molecule has 11 nitrogen and oxygen atoms in total. The third kappa shape index (κ3) is 8.63. The number of hydrogen-bond acceptors (Lipinski definition) is 9. The molecule has 2 atom stereocenters. The Kier molecular flexibility index (Phi) is 9.96. The highest BCUT2D eigenvalue weighted by Gasteiger charge is 2.33. The number of likely N-dealkylation sites (tertiary alicyclic amines) is 1. The zero-order valence-electron chi connectivity index (χ0n) is 26.5. The highest BCUT2D eigenvalue weighted by Crippen LogP contribution is 2.40. The molecule has 0 aromatic carbocycles. The van der Waals surface area contributed by atoms with Gasteiger partial charge < -0.3 is 28.7 Å². The molecule has 0 aliphatic carbocycles. The Bertz CT molecular complexity index is 1320. The Labute approximate surface area is 259 Å². The van der Waals surface area contributed by atoms with Crippen LogP contribution in [0.4, 0.5) is 21.0 Å². The molecule has 2 aromatic heterocycles. The SMILES string of the molecule is Cc1nc(C2CCN(C(=O)OC(C)(C)C)C2)cc(NC(=O)OC(C)(C)C)c1OC(C)c1c(N2CCOCC2)ccnc1Cl. The van der Waals surface area contributed by atoms with E-state index in [1.165, 1.54) is 0 Å². The summed E-state index contributed by atoms with van der Waals surface area (Å²) in [7, 11) is 0. The third-order valence-electron chi connectivity index (χ3n) is 7.03. The minimum Gasteiger partial charge on any atom is -0.482 e. The smallest absolute Gasteiger partial charge is 0.412 e. The van der Waals surface area contributed by atoms with E-state index >= 15 is 0 Å². The van der Waals surface area contributed by atoms with Gasteiger partial charge in [0.15, 0.2) is 5.75 Å². The van der Waals surface area contributed by atoms with Gasteiger partial charge in [0.05, 0.1) is 30.2 Å². The van der Waals surface area contributed by atoms with E-state index in [9.17, 15) is 9.59 Å². The second-order valence-electron chi connectivity index (χ2n) is 12.9. The minimum atomic E-state index is -0.695. The first-order valence-corrected chi connectivity index (χ1v) is 15.1. The number of aryl methyl sites for hydroxylation is 1. The van der Waals surface area contributed by atoms with Crippen molar-refractivity contribution >= 4 is 35.2 Å². The number of nitrogens with one attached hydrogen (secondary N) is 1. The van der Waals surface area contributed by atoms with Gasteiger partial charge in [0, 0.05) is 49.7 Å². The fourth-order valence-corrected chi connectivity index (χ4v) is 5.48. The zero-order valence-corrected chi connectivity index (χ0v) is 27.2. The predicted molar refractivity (Wildman–Crippen MR) is 165 cm³/mol. The lowest BCUT2D eigenvalue weighted by molar-refractivity contribution is 0.0292. The van der Waals surface area contributed by atoms with Crippen LogP contribution in [0.25, 0.3) is 0 Å². The first kappa shape index (κ1) is 32.6. The number of carbonyl (C=O) groups excluding carboxylic acids is 2. The highest BCUT2D eigenvalue weighted by molar-refractivity contribution is 6.30. The lowest BCUT2D eigenvalue weighted by Crippen LogP contribution is -2.37. The largest absolute Gasteiger partial charge is 0.482 e. The normalized spacial score (nSPS) is 18.3. The molecule has 2 fully saturated rings. The van der Waals surface area contributed by atoms with Gasteiger partial charge in [-0.05, 0) is 73.9 Å². The number of morpholine rings is 1. The summed E-state index contributed by atoms with van der Waals surface area (Å²) in [6.45, 7) is 18.4. The maximum atomic E-state index is 12.9. The summed E-state index contributed by atoms with van der Waals surface area (Å²) in [6.07, 6.45) is 0.901. The Morgan fingerprint density at radius 3 is 2.42 bits per heavy atom. The Morgan fingerprint density at radius 2 is 1.77 bits per heavy atom. The van der Waals surface area contributed by atoms with Crippen LogP contribution in [0.15, 0.2) is 18.3 Å². The van der Waals surface area contributed by atoms with Crippen LogP contribution in [0.5, 0.6) is 5.75 Å². The van der Waals surface area contributed by atoms with Gasteiger partial charge in [0.1, 0.15) is 22.5 Å². The molecule has 43 heavy (non-hydrogen) atoms. The van der Waals surface area contributed by atoms with E-state index in [0.29, 0.717) is 55.0 Å². The Morgan fingerprint density at radius 1 is 1.09 bits per heavy atom. The van der Waals surface area contributed by atoms with E-state index in [1.807, 2.05) is 40.7 Å². The van der Waals surface area contributed by atoms with E-state index in [1.54, 1.807) is 37.9 Å². The van der Waals surface area contributed by atoms with Gasteiger partial charge in [-0.3, -0.25) is 10.3 Å². The Hall–Kier alpha value is -3.31. The van der Waals surface area contributed by atoms with Crippen molar-refractivity contribution in [3.8, 4) is 5.75 Å². The summed E-state index contributed by atoms with van der Waals surface area (Å²) in [5, 5.41) is 3.22. The lowest BCUT2D eigenvalue weighted by Gasteiger charge is -2.32. The quantitative estimate of drug-likeness (QED) is 0.363. The fraction of sp³-hybridized carbons (Fsp3) is 0.613. The molecule has 12 heteroatoms. The first-order chi connectivity index (χ1) is 20.1. The molecule has 1 N–H and O–H groups in total. The number of halogens is 1. The molecule has 2 saturated heterocycles. The summed E-state index contributed by atoms with van der Waals surface area (Å²) in [4.78, 5) is 38.7. The van der Waals surface area contributed by atoms with E-state index in [4.69, 9.17) is 35.5 Å². The number of pyridine rings is 2. The van der Waals surface area contributed by atoms with Crippen LogP contribution in [0.2, 0.25) is 5.15 Å². The van der Waals surface area contributed by atoms with Crippen molar-refractivity contribution in [2.45, 2.75) is 85.0 Å². The van der Waals surface area contributed by atoms with Gasteiger partial charge in [0.2, 0.25) is 0 Å². The first-order valence-electron chi connectivity index (χ1n) is 14.7. The van der Waals surface area contributed by atoms with Crippen molar-refractivity contribution < 1.29 is 28.5 Å². The number of amides is 2. The van der Waals surface area contributed by atoms with Crippen LogP contribution in [-0.4, -0.2) is 77.6 Å². The molecule has 0 radical (unpaired) electrons. The molecular formula is C31H44ClN5O6. The molecular weight excluding hydrogens is 574 g/mol. The lowest BCUT2D eigenvalue weighted by atomic mass is 10.0. The van der Waals surface area contributed by atoms with Crippen molar-refractivity contribution in [1.82, 2.24) is 14.9 Å². The van der Waals surface area contributed by atoms with Crippen molar-refractivity contribution in [3.63, 3.8) is 0 Å². The number of nitrogens with zero attached hydrogens (tertiary/aromatic N) is 4. The number of hydrogen-bond donors (Lipinski definition) is 1. The average Bonchev–Trinajstić information content (AvgIpc) is 3.39. The monoisotopic (exact) mass is 617 g/mol. The number of carbonyl (C=O) groups is 2. The molecule has 0 bridgehead atoms. The van der Waals surface area contributed by atoms with Gasteiger partial charge in [-0.2, -0.15) is 0 Å². The standard InChI is InChI=1S/C31H44ClN5O6/c1-19-26(41-20(2)25-24(9-11-33-27(25)32)36-13-15-40-16-14-36)23(35-28(38)42-30(3,4)5)17-22(34-19)21-10-12-37(18-21)29(39)43-31(6,7)8/h9,11,17,20-21H,10,12-16,18H2,1-8H3,(H,34,35,38). The molecule has 4 rings (SSSR count). The van der Waals surface area contributed by atoms with E-state index in [-0.39, 0.29) is 12.0 Å². The number of rotatable bonds is 6. The second-order valence-corrected chi connectivity index (χ2v) is 13.3. The average molecular weight is 618 g/mol. The maximum Gasteiger partial charge on any atom is 0.412 e. The number of anilines is 2. The summed E-state index contributed by atoms with van der Waals surface area (Å²) >= 11 is 6.64. The van der Waals surface area contributed by atoms with Gasteiger partial charge in [0.25, 0.3) is 0 Å². The number of ether oxygens (including phenoxy) is 4. The molecule has 0 spiro atoms. The second kappa shape index (κ2) is 13.1. The summed E-state index contributed by atoms with van der Waals surface area (Å²) in [5.41, 5.74) is 2.13. The molecule has 2 aromatic rings. The topological polar surface area (TPSA) is 115 Å². The van der Waals surface area contributed by atoms with Crippen LogP contribution >= 0.6 is 11.6 Å². The number of aromatic nitrogens is 2. The zero-order chi connectivity index (χ0) is 31.5. The summed E-state index contributed by atoms with van der Waals surface area (Å²) < 4.78 is 23.2. The molecule has 2 aliphatic rings. The van der Waals surface area contributed by atoms with Gasteiger partial charge in [-0.15, -0.1) is 0 Å². The Balaban J connectivity index is 1.64. The van der Waals surface area contributed by atoms with E-state index < -0.39 is 23.4 Å². The van der Waals surface area contributed by atoms with Crippen molar-refractivity contribution in [1.29, 1.82) is 0 Å². The summed E-state index contributed by atoms with van der Waals surface area (Å²) in [5.74, 6) is 0.356. The fourth-order valence-electron chi connectivity index (χ4n) is 5.17. The van der Waals surface area contributed by atoms with Crippen molar-refractivity contribution in [2.24, 2.45) is 0 Å². The van der Waals surface area contributed by atoms with Gasteiger partial charge in [-0.25, -0.2) is 14.6 Å². The molecule has 236 valence electrons. The third-order valence-corrected chi connectivity index (χ3v) is 7.33. The molecule has 0 saturated carbocycles. The molecule has 2 aliphatic heterocycles. The highest BCUT2D eigenvalue weighted by atomic mass is 35.5. The van der Waals surface area contributed by atoms with Gasteiger partial charge >= 0.3 is 12.2 Å². The van der Waals surface area contributed by atoms with Crippen molar-refractivity contribution in [3.05, 3.63) is 40.4 Å². The van der Waals surface area contributed by atoms with E-state index in [2.05, 4.69) is 15.2 Å². The van der Waals surface area contributed by atoms with Gasteiger partial charge in [-0.1, -0.05) is 11.6 Å². The molecule has 2 amide bonds. The summed E-state index contributed by atoms with van der Waals surface area (Å²) in [6, 6.07) is 3.73. The minimum absolute atomic E-state index is 0.0439. The maximum absolute atomic E-state index is 12.9. The molecule has 4 heterocycles.